The predicted molar refractivity (Wildman–Crippen MR) is 55.3 cm³/mol. The zero-order chi connectivity index (χ0) is 10.6. The van der Waals surface area contributed by atoms with Gasteiger partial charge in [-0.2, -0.15) is 0 Å². The second-order valence-electron chi connectivity index (χ2n) is 4.52. The van der Waals surface area contributed by atoms with Gasteiger partial charge in [0.25, 0.3) is 0 Å². The summed E-state index contributed by atoms with van der Waals surface area (Å²) >= 11 is 0. The third kappa shape index (κ3) is 4.68. The molecule has 0 fully saturated rings. The Labute approximate surface area is 80.4 Å². The lowest BCUT2D eigenvalue weighted by Crippen LogP contribution is -2.48. The minimum Gasteiger partial charge on any atom is -0.351 e. The lowest BCUT2D eigenvalue weighted by molar-refractivity contribution is -0.124. The predicted octanol–water partition coefficient (Wildman–Crippen LogP) is 1.05. The highest BCUT2D eigenvalue weighted by Crippen LogP contribution is 2.16. The molecule has 0 aliphatic carbocycles. The van der Waals surface area contributed by atoms with Crippen molar-refractivity contribution in [2.75, 3.05) is 6.54 Å². The van der Waals surface area contributed by atoms with Crippen LogP contribution in [0.1, 0.15) is 27.7 Å². The van der Waals surface area contributed by atoms with E-state index >= 15 is 0 Å². The summed E-state index contributed by atoms with van der Waals surface area (Å²) in [6, 6.07) is -0.466. The molecular weight excluding hydrogens is 164 g/mol. The third-order valence-corrected chi connectivity index (χ3v) is 1.78. The van der Waals surface area contributed by atoms with E-state index < -0.39 is 6.04 Å². The average Bonchev–Trinajstić information content (AvgIpc) is 1.96. The van der Waals surface area contributed by atoms with Crippen LogP contribution in [0.25, 0.3) is 0 Å². The minimum atomic E-state index is -0.466. The molecule has 76 valence electrons. The number of carbonyl (C=O) groups is 1. The van der Waals surface area contributed by atoms with Crippen molar-refractivity contribution in [2.24, 2.45) is 11.1 Å². The van der Waals surface area contributed by atoms with Crippen LogP contribution in [-0.4, -0.2) is 18.5 Å². The summed E-state index contributed by atoms with van der Waals surface area (Å²) in [7, 11) is 0. The van der Waals surface area contributed by atoms with Gasteiger partial charge in [-0.25, -0.2) is 0 Å². The second-order valence-corrected chi connectivity index (χ2v) is 4.52. The molecule has 0 aromatic heterocycles. The van der Waals surface area contributed by atoms with Gasteiger partial charge < -0.3 is 11.1 Å². The smallest absolute Gasteiger partial charge is 0.237 e. The molecule has 0 aromatic carbocycles. The van der Waals surface area contributed by atoms with Gasteiger partial charge in [0.2, 0.25) is 5.91 Å². The van der Waals surface area contributed by atoms with Crippen LogP contribution in [0.3, 0.4) is 0 Å². The van der Waals surface area contributed by atoms with Gasteiger partial charge in [0.1, 0.15) is 0 Å². The van der Waals surface area contributed by atoms with Crippen LogP contribution in [0, 0.1) is 5.41 Å². The monoisotopic (exact) mass is 184 g/mol. The molecule has 3 N–H and O–H groups in total. The fraction of sp³-hybridized carbons (Fsp3) is 0.700. The largest absolute Gasteiger partial charge is 0.351 e. The molecule has 0 rings (SSSR count). The summed E-state index contributed by atoms with van der Waals surface area (Å²) in [4.78, 5) is 11.4. The lowest BCUT2D eigenvalue weighted by Gasteiger charge is -2.25. The van der Waals surface area contributed by atoms with E-state index in [0.29, 0.717) is 6.54 Å². The van der Waals surface area contributed by atoms with E-state index in [-0.39, 0.29) is 11.3 Å². The van der Waals surface area contributed by atoms with E-state index in [1.165, 1.54) is 0 Å². The maximum atomic E-state index is 11.4. The molecular formula is C10H20N2O. The molecule has 0 radical (unpaired) electrons. The number of amides is 1. The SMILES string of the molecule is C=C(C)CNC(=O)[C@@H](N)C(C)(C)C. The van der Waals surface area contributed by atoms with Gasteiger partial charge in [-0.3, -0.25) is 4.79 Å². The molecule has 0 saturated carbocycles. The normalized spacial score (nSPS) is 13.6. The molecule has 3 heteroatoms. The van der Waals surface area contributed by atoms with Crippen molar-refractivity contribution in [1.29, 1.82) is 0 Å². The number of nitrogens with one attached hydrogen (secondary N) is 1. The Hall–Kier alpha value is -0.830. The minimum absolute atomic E-state index is 0.115. The molecule has 1 amide bonds. The van der Waals surface area contributed by atoms with Crippen LogP contribution < -0.4 is 11.1 Å². The second kappa shape index (κ2) is 4.42. The summed E-state index contributed by atoms with van der Waals surface area (Å²) in [5, 5.41) is 2.72. The zero-order valence-corrected chi connectivity index (χ0v) is 8.98. The van der Waals surface area contributed by atoms with E-state index in [1.807, 2.05) is 27.7 Å². The maximum Gasteiger partial charge on any atom is 0.237 e. The van der Waals surface area contributed by atoms with E-state index in [9.17, 15) is 4.79 Å². The van der Waals surface area contributed by atoms with Crippen molar-refractivity contribution in [1.82, 2.24) is 5.32 Å². The number of hydrogen-bond donors (Lipinski definition) is 2. The Morgan fingerprint density at radius 3 is 2.31 bits per heavy atom. The first-order chi connectivity index (χ1) is 5.75. The van der Waals surface area contributed by atoms with Crippen LogP contribution in [0.4, 0.5) is 0 Å². The summed E-state index contributed by atoms with van der Waals surface area (Å²) in [6.07, 6.45) is 0. The Morgan fingerprint density at radius 2 is 2.00 bits per heavy atom. The van der Waals surface area contributed by atoms with Crippen LogP contribution in [0.2, 0.25) is 0 Å². The summed E-state index contributed by atoms with van der Waals surface area (Å²) in [6.45, 7) is 11.9. The highest BCUT2D eigenvalue weighted by molar-refractivity contribution is 5.82. The molecule has 0 aliphatic heterocycles. The summed E-state index contributed by atoms with van der Waals surface area (Å²) < 4.78 is 0. The molecule has 1 atom stereocenters. The van der Waals surface area contributed by atoms with Crippen molar-refractivity contribution in [3.8, 4) is 0 Å². The van der Waals surface area contributed by atoms with Crippen molar-refractivity contribution >= 4 is 5.91 Å². The van der Waals surface area contributed by atoms with Gasteiger partial charge in [0, 0.05) is 6.54 Å². The first kappa shape index (κ1) is 12.2. The topological polar surface area (TPSA) is 55.1 Å². The van der Waals surface area contributed by atoms with Crippen LogP contribution >= 0.6 is 0 Å². The Kier molecular flexibility index (Phi) is 4.14. The molecule has 0 saturated heterocycles. The Bertz CT molecular complexity index is 203. The fourth-order valence-electron chi connectivity index (χ4n) is 0.741. The molecule has 13 heavy (non-hydrogen) atoms. The first-order valence-electron chi connectivity index (χ1n) is 4.43. The zero-order valence-electron chi connectivity index (χ0n) is 8.98. The molecule has 0 unspecified atom stereocenters. The van der Waals surface area contributed by atoms with Crippen molar-refractivity contribution in [3.05, 3.63) is 12.2 Å². The quantitative estimate of drug-likeness (QED) is 0.644. The van der Waals surface area contributed by atoms with Gasteiger partial charge in [0.05, 0.1) is 6.04 Å². The highest BCUT2D eigenvalue weighted by Gasteiger charge is 2.26. The Balaban J connectivity index is 4.05. The van der Waals surface area contributed by atoms with E-state index in [2.05, 4.69) is 11.9 Å². The summed E-state index contributed by atoms with van der Waals surface area (Å²) in [5.74, 6) is -0.115. The maximum absolute atomic E-state index is 11.4. The van der Waals surface area contributed by atoms with E-state index in [0.717, 1.165) is 5.57 Å². The molecule has 0 bridgehead atoms. The van der Waals surface area contributed by atoms with Gasteiger partial charge in [0.15, 0.2) is 0 Å². The van der Waals surface area contributed by atoms with Gasteiger partial charge in [-0.05, 0) is 12.3 Å². The number of rotatable bonds is 3. The standard InChI is InChI=1S/C10H20N2O/c1-7(2)6-12-9(13)8(11)10(3,4)5/h8H,1,6,11H2,2-5H3,(H,12,13)/t8-/m1/s1. The lowest BCUT2D eigenvalue weighted by atomic mass is 9.87. The first-order valence-corrected chi connectivity index (χ1v) is 4.43. The van der Waals surface area contributed by atoms with Gasteiger partial charge in [-0.15, -0.1) is 0 Å². The van der Waals surface area contributed by atoms with E-state index in [1.54, 1.807) is 0 Å². The van der Waals surface area contributed by atoms with E-state index in [4.69, 9.17) is 5.73 Å². The average molecular weight is 184 g/mol. The van der Waals surface area contributed by atoms with Crippen LogP contribution in [0.5, 0.6) is 0 Å². The van der Waals surface area contributed by atoms with Crippen LogP contribution in [0.15, 0.2) is 12.2 Å². The number of hydrogen-bond acceptors (Lipinski definition) is 2. The third-order valence-electron chi connectivity index (χ3n) is 1.78. The summed E-state index contributed by atoms with van der Waals surface area (Å²) in [5.41, 5.74) is 6.47. The van der Waals surface area contributed by atoms with Crippen molar-refractivity contribution < 1.29 is 4.79 Å². The number of carbonyl (C=O) groups excluding carboxylic acids is 1. The highest BCUT2D eigenvalue weighted by atomic mass is 16.2. The van der Waals surface area contributed by atoms with Crippen molar-refractivity contribution in [2.45, 2.75) is 33.7 Å². The molecule has 0 spiro atoms. The molecule has 0 aliphatic rings. The van der Waals surface area contributed by atoms with Crippen molar-refractivity contribution in [3.63, 3.8) is 0 Å². The molecule has 3 nitrogen and oxygen atoms in total. The fourth-order valence-corrected chi connectivity index (χ4v) is 0.741. The number of nitrogens with two attached hydrogens (primary N) is 1. The van der Waals surface area contributed by atoms with Gasteiger partial charge >= 0.3 is 0 Å². The molecule has 0 heterocycles. The van der Waals surface area contributed by atoms with Crippen LogP contribution in [-0.2, 0) is 4.79 Å². The molecule has 0 aromatic rings. The Morgan fingerprint density at radius 1 is 1.54 bits per heavy atom. The van der Waals surface area contributed by atoms with Gasteiger partial charge in [-0.1, -0.05) is 32.9 Å².